The smallest absolute Gasteiger partial charge is 0.339 e. The molecule has 1 amide bonds. The normalized spacial score (nSPS) is 17.8. The Balaban J connectivity index is 2.23. The molecular weight excluding hydrogens is 284 g/mol. The average Bonchev–Trinajstić information content (AvgIpc) is 2.94. The Kier molecular flexibility index (Phi) is 4.46. The van der Waals surface area contributed by atoms with Gasteiger partial charge >= 0.3 is 5.97 Å². The van der Waals surface area contributed by atoms with Gasteiger partial charge in [-0.25, -0.2) is 4.79 Å². The Morgan fingerprint density at radius 1 is 1.50 bits per heavy atom. The maximum atomic E-state index is 12.0. The fourth-order valence-corrected chi connectivity index (χ4v) is 2.32. The van der Waals surface area contributed by atoms with Gasteiger partial charge in [0.25, 0.3) is 0 Å². The molecule has 7 heteroatoms. The number of halogens is 1. The highest BCUT2D eigenvalue weighted by molar-refractivity contribution is 6.34. The van der Waals surface area contributed by atoms with E-state index in [2.05, 4.69) is 10.6 Å². The molecule has 1 atom stereocenters. The van der Waals surface area contributed by atoms with E-state index >= 15 is 0 Å². The SMILES string of the molecule is COc1cc(NC(=O)[C@H]2CCCN2)c(Cl)cc1C(=O)O. The number of carboxylic acid groups (broad SMARTS) is 1. The number of carbonyl (C=O) groups excluding carboxylic acids is 1. The quantitative estimate of drug-likeness (QED) is 0.788. The summed E-state index contributed by atoms with van der Waals surface area (Å²) in [7, 11) is 1.36. The molecule has 1 aliphatic rings. The zero-order valence-corrected chi connectivity index (χ0v) is 11.7. The van der Waals surface area contributed by atoms with Gasteiger partial charge in [-0.2, -0.15) is 0 Å². The minimum atomic E-state index is -1.14. The first-order valence-electron chi connectivity index (χ1n) is 6.18. The standard InChI is InChI=1S/C13H15ClN2O4/c1-20-11-6-10(8(14)5-7(11)13(18)19)16-12(17)9-3-2-4-15-9/h5-6,9,15H,2-4H2,1H3,(H,16,17)(H,18,19)/t9-/m1/s1. The molecule has 20 heavy (non-hydrogen) atoms. The Hall–Kier alpha value is -1.79. The number of ether oxygens (including phenoxy) is 1. The van der Waals surface area contributed by atoms with Crippen molar-refractivity contribution in [2.45, 2.75) is 18.9 Å². The second kappa shape index (κ2) is 6.11. The van der Waals surface area contributed by atoms with Crippen molar-refractivity contribution in [1.82, 2.24) is 5.32 Å². The number of nitrogens with one attached hydrogen (secondary N) is 2. The summed E-state index contributed by atoms with van der Waals surface area (Å²) >= 11 is 6.00. The monoisotopic (exact) mass is 298 g/mol. The number of anilines is 1. The molecular formula is C13H15ClN2O4. The molecule has 0 aromatic heterocycles. The van der Waals surface area contributed by atoms with Gasteiger partial charge in [-0.1, -0.05) is 11.6 Å². The average molecular weight is 299 g/mol. The van der Waals surface area contributed by atoms with Gasteiger partial charge in [0.1, 0.15) is 11.3 Å². The third-order valence-electron chi connectivity index (χ3n) is 3.15. The lowest BCUT2D eigenvalue weighted by atomic mass is 10.1. The highest BCUT2D eigenvalue weighted by Gasteiger charge is 2.23. The molecule has 1 aliphatic heterocycles. The highest BCUT2D eigenvalue weighted by atomic mass is 35.5. The van der Waals surface area contributed by atoms with Crippen LogP contribution in [0.25, 0.3) is 0 Å². The second-order valence-electron chi connectivity index (χ2n) is 4.48. The number of carboxylic acids is 1. The van der Waals surface area contributed by atoms with Crippen LogP contribution in [0.3, 0.4) is 0 Å². The summed E-state index contributed by atoms with van der Waals surface area (Å²) < 4.78 is 5.00. The maximum Gasteiger partial charge on any atom is 0.339 e. The summed E-state index contributed by atoms with van der Waals surface area (Å²) in [5, 5.41) is 15.0. The lowest BCUT2D eigenvalue weighted by molar-refractivity contribution is -0.117. The highest BCUT2D eigenvalue weighted by Crippen LogP contribution is 2.31. The van der Waals surface area contributed by atoms with Gasteiger partial charge in [0, 0.05) is 6.07 Å². The number of methoxy groups -OCH3 is 1. The van der Waals surface area contributed by atoms with Crippen molar-refractivity contribution in [1.29, 1.82) is 0 Å². The van der Waals surface area contributed by atoms with Crippen LogP contribution in [0.4, 0.5) is 5.69 Å². The molecule has 0 bridgehead atoms. The van der Waals surface area contributed by atoms with E-state index in [-0.39, 0.29) is 28.3 Å². The van der Waals surface area contributed by atoms with E-state index in [0.717, 1.165) is 19.4 Å². The molecule has 1 aromatic carbocycles. The first-order chi connectivity index (χ1) is 9.52. The first kappa shape index (κ1) is 14.6. The molecule has 1 heterocycles. The zero-order chi connectivity index (χ0) is 14.7. The molecule has 0 radical (unpaired) electrons. The number of carbonyl (C=O) groups is 2. The third kappa shape index (κ3) is 3.02. The molecule has 6 nitrogen and oxygen atoms in total. The van der Waals surface area contributed by atoms with Crippen molar-refractivity contribution in [3.8, 4) is 5.75 Å². The molecule has 0 spiro atoms. The number of hydrogen-bond donors (Lipinski definition) is 3. The summed E-state index contributed by atoms with van der Waals surface area (Å²) in [5.41, 5.74) is 0.293. The van der Waals surface area contributed by atoms with Crippen molar-refractivity contribution in [2.24, 2.45) is 0 Å². The minimum Gasteiger partial charge on any atom is -0.496 e. The molecule has 1 saturated heterocycles. The fraction of sp³-hybridized carbons (Fsp3) is 0.385. The van der Waals surface area contributed by atoms with Crippen LogP contribution in [-0.4, -0.2) is 36.7 Å². The van der Waals surface area contributed by atoms with Crippen molar-refractivity contribution < 1.29 is 19.4 Å². The molecule has 3 N–H and O–H groups in total. The van der Waals surface area contributed by atoms with Crippen molar-refractivity contribution >= 4 is 29.2 Å². The molecule has 1 fully saturated rings. The predicted molar refractivity (Wildman–Crippen MR) is 74.6 cm³/mol. The summed E-state index contributed by atoms with van der Waals surface area (Å²) in [6, 6.07) is 2.44. The maximum absolute atomic E-state index is 12.0. The predicted octanol–water partition coefficient (Wildman–Crippen LogP) is 1.74. The van der Waals surface area contributed by atoms with Gasteiger partial charge in [0.15, 0.2) is 0 Å². The van der Waals surface area contributed by atoms with Gasteiger partial charge in [-0.05, 0) is 25.5 Å². The van der Waals surface area contributed by atoms with Gasteiger partial charge in [-0.3, -0.25) is 4.79 Å². The number of benzene rings is 1. The van der Waals surface area contributed by atoms with Crippen LogP contribution in [-0.2, 0) is 4.79 Å². The Labute approximate surface area is 121 Å². The zero-order valence-electron chi connectivity index (χ0n) is 10.9. The largest absolute Gasteiger partial charge is 0.496 e. The van der Waals surface area contributed by atoms with Crippen LogP contribution in [0.15, 0.2) is 12.1 Å². The fourth-order valence-electron chi connectivity index (χ4n) is 2.11. The van der Waals surface area contributed by atoms with Crippen LogP contribution < -0.4 is 15.4 Å². The lowest BCUT2D eigenvalue weighted by Gasteiger charge is -2.14. The summed E-state index contributed by atoms with van der Waals surface area (Å²) in [6.07, 6.45) is 1.72. The van der Waals surface area contributed by atoms with E-state index in [4.69, 9.17) is 21.4 Å². The van der Waals surface area contributed by atoms with Crippen molar-refractivity contribution in [3.63, 3.8) is 0 Å². The van der Waals surface area contributed by atoms with E-state index in [1.807, 2.05) is 0 Å². The summed E-state index contributed by atoms with van der Waals surface area (Å²) in [4.78, 5) is 23.0. The molecule has 108 valence electrons. The second-order valence-corrected chi connectivity index (χ2v) is 4.88. The van der Waals surface area contributed by atoms with E-state index in [1.54, 1.807) is 0 Å². The van der Waals surface area contributed by atoms with Gasteiger partial charge < -0.3 is 20.5 Å². The number of amides is 1. The summed E-state index contributed by atoms with van der Waals surface area (Å²) in [5.74, 6) is -1.18. The van der Waals surface area contributed by atoms with Crippen LogP contribution >= 0.6 is 11.6 Å². The van der Waals surface area contributed by atoms with Crippen LogP contribution in [0.2, 0.25) is 5.02 Å². The molecule has 0 unspecified atom stereocenters. The van der Waals surface area contributed by atoms with Gasteiger partial charge in [0.2, 0.25) is 5.91 Å². The summed E-state index contributed by atoms with van der Waals surface area (Å²) in [6.45, 7) is 0.813. The van der Waals surface area contributed by atoms with Crippen molar-refractivity contribution in [3.05, 3.63) is 22.7 Å². The first-order valence-corrected chi connectivity index (χ1v) is 6.56. The van der Waals surface area contributed by atoms with Gasteiger partial charge in [0.05, 0.1) is 23.9 Å². The van der Waals surface area contributed by atoms with Crippen LogP contribution in [0.1, 0.15) is 23.2 Å². The molecule has 0 aliphatic carbocycles. The number of rotatable bonds is 4. The van der Waals surface area contributed by atoms with E-state index in [9.17, 15) is 9.59 Å². The number of hydrogen-bond acceptors (Lipinski definition) is 4. The van der Waals surface area contributed by atoms with E-state index in [0.29, 0.717) is 5.69 Å². The van der Waals surface area contributed by atoms with Crippen molar-refractivity contribution in [2.75, 3.05) is 19.0 Å². The Morgan fingerprint density at radius 2 is 2.25 bits per heavy atom. The molecule has 0 saturated carbocycles. The topological polar surface area (TPSA) is 87.7 Å². The Morgan fingerprint density at radius 3 is 2.80 bits per heavy atom. The lowest BCUT2D eigenvalue weighted by Crippen LogP contribution is -2.35. The Bertz CT molecular complexity index is 541. The minimum absolute atomic E-state index is 0.0468. The third-order valence-corrected chi connectivity index (χ3v) is 3.47. The van der Waals surface area contributed by atoms with E-state index < -0.39 is 5.97 Å². The van der Waals surface area contributed by atoms with Crippen LogP contribution in [0.5, 0.6) is 5.75 Å². The molecule has 2 rings (SSSR count). The van der Waals surface area contributed by atoms with Crippen LogP contribution in [0, 0.1) is 0 Å². The molecule has 1 aromatic rings. The van der Waals surface area contributed by atoms with E-state index in [1.165, 1.54) is 19.2 Å². The van der Waals surface area contributed by atoms with Gasteiger partial charge in [-0.15, -0.1) is 0 Å². The number of aromatic carboxylic acids is 1.